The average molecular weight is 279 g/mol. The molecular formula is C15H25N3O2. The summed E-state index contributed by atoms with van der Waals surface area (Å²) in [5, 5.41) is 6.99. The van der Waals surface area contributed by atoms with E-state index in [-0.39, 0.29) is 18.6 Å². The molecule has 1 fully saturated rings. The van der Waals surface area contributed by atoms with Crippen molar-refractivity contribution < 1.29 is 9.53 Å². The third-order valence-electron chi connectivity index (χ3n) is 3.83. The van der Waals surface area contributed by atoms with Gasteiger partial charge in [-0.2, -0.15) is 5.10 Å². The zero-order chi connectivity index (χ0) is 14.4. The van der Waals surface area contributed by atoms with E-state index in [0.717, 1.165) is 30.7 Å². The number of carbonyl (C=O) groups is 1. The summed E-state index contributed by atoms with van der Waals surface area (Å²) in [5.41, 5.74) is 1.13. The van der Waals surface area contributed by atoms with Crippen LogP contribution in [0.25, 0.3) is 0 Å². The molecule has 1 heterocycles. The SMILES string of the molecule is C[C@@H]1CCC[C@H](OCC(=O)NCCc2cnn(C)c2)C1. The maximum atomic E-state index is 11.7. The molecule has 112 valence electrons. The molecule has 0 saturated heterocycles. The Morgan fingerprint density at radius 2 is 2.40 bits per heavy atom. The second-order valence-corrected chi connectivity index (χ2v) is 5.83. The van der Waals surface area contributed by atoms with Gasteiger partial charge in [0.25, 0.3) is 0 Å². The Morgan fingerprint density at radius 1 is 1.55 bits per heavy atom. The van der Waals surface area contributed by atoms with Crippen LogP contribution in [0, 0.1) is 5.92 Å². The van der Waals surface area contributed by atoms with Crippen LogP contribution >= 0.6 is 0 Å². The first kappa shape index (κ1) is 15.0. The van der Waals surface area contributed by atoms with Crippen molar-refractivity contribution >= 4 is 5.91 Å². The van der Waals surface area contributed by atoms with E-state index in [1.54, 1.807) is 4.68 Å². The highest BCUT2D eigenvalue weighted by Gasteiger charge is 2.19. The summed E-state index contributed by atoms with van der Waals surface area (Å²) >= 11 is 0. The van der Waals surface area contributed by atoms with Crippen molar-refractivity contribution in [3.63, 3.8) is 0 Å². The third-order valence-corrected chi connectivity index (χ3v) is 3.83. The molecule has 0 bridgehead atoms. The summed E-state index contributed by atoms with van der Waals surface area (Å²) in [7, 11) is 1.89. The number of ether oxygens (including phenoxy) is 1. The average Bonchev–Trinajstić information content (AvgIpc) is 2.82. The molecule has 1 aromatic heterocycles. The highest BCUT2D eigenvalue weighted by Crippen LogP contribution is 2.25. The van der Waals surface area contributed by atoms with Crippen LogP contribution in [0.4, 0.5) is 0 Å². The van der Waals surface area contributed by atoms with Crippen LogP contribution in [-0.4, -0.2) is 34.9 Å². The molecule has 2 atom stereocenters. The summed E-state index contributed by atoms with van der Waals surface area (Å²) in [4.78, 5) is 11.7. The molecule has 5 heteroatoms. The molecule has 20 heavy (non-hydrogen) atoms. The van der Waals surface area contributed by atoms with Crippen LogP contribution in [0.15, 0.2) is 12.4 Å². The van der Waals surface area contributed by atoms with Gasteiger partial charge in [-0.15, -0.1) is 0 Å². The summed E-state index contributed by atoms with van der Waals surface area (Å²) in [6.07, 6.45) is 9.54. The van der Waals surface area contributed by atoms with Crippen molar-refractivity contribution in [3.8, 4) is 0 Å². The quantitative estimate of drug-likeness (QED) is 0.862. The van der Waals surface area contributed by atoms with Gasteiger partial charge in [-0.3, -0.25) is 9.48 Å². The second kappa shape index (κ2) is 7.43. The topological polar surface area (TPSA) is 56.1 Å². The van der Waals surface area contributed by atoms with Gasteiger partial charge in [-0.1, -0.05) is 19.8 Å². The minimum atomic E-state index is -0.0212. The van der Waals surface area contributed by atoms with Gasteiger partial charge in [0.05, 0.1) is 12.3 Å². The van der Waals surface area contributed by atoms with Gasteiger partial charge >= 0.3 is 0 Å². The normalized spacial score (nSPS) is 22.7. The van der Waals surface area contributed by atoms with E-state index in [2.05, 4.69) is 17.3 Å². The molecule has 2 rings (SSSR count). The van der Waals surface area contributed by atoms with Gasteiger partial charge in [0.15, 0.2) is 0 Å². The Labute approximate surface area is 120 Å². The fraction of sp³-hybridized carbons (Fsp3) is 0.733. The number of hydrogen-bond donors (Lipinski definition) is 1. The second-order valence-electron chi connectivity index (χ2n) is 5.83. The molecule has 1 aromatic rings. The lowest BCUT2D eigenvalue weighted by atomic mass is 9.89. The molecule has 0 unspecified atom stereocenters. The van der Waals surface area contributed by atoms with E-state index in [0.29, 0.717) is 6.54 Å². The first-order valence-electron chi connectivity index (χ1n) is 7.49. The zero-order valence-electron chi connectivity index (χ0n) is 12.5. The van der Waals surface area contributed by atoms with Crippen molar-refractivity contribution in [2.75, 3.05) is 13.2 Å². The number of carbonyl (C=O) groups excluding carboxylic acids is 1. The van der Waals surface area contributed by atoms with E-state index >= 15 is 0 Å². The molecule has 1 aliphatic carbocycles. The predicted molar refractivity (Wildman–Crippen MR) is 77.3 cm³/mol. The van der Waals surface area contributed by atoms with Gasteiger partial charge in [0.1, 0.15) is 6.61 Å². The molecule has 1 aliphatic rings. The molecule has 0 aliphatic heterocycles. The van der Waals surface area contributed by atoms with E-state index in [9.17, 15) is 4.79 Å². The standard InChI is InChI=1S/C15H25N3O2/c1-12-4-3-5-14(8-12)20-11-15(19)16-7-6-13-9-17-18(2)10-13/h9-10,12,14H,3-8,11H2,1-2H3,(H,16,19)/t12-,14+/m1/s1. The first-order chi connectivity index (χ1) is 9.63. The molecule has 0 aromatic carbocycles. The lowest BCUT2D eigenvalue weighted by molar-refractivity contribution is -0.128. The maximum absolute atomic E-state index is 11.7. The summed E-state index contributed by atoms with van der Waals surface area (Å²) < 4.78 is 7.46. The Hall–Kier alpha value is -1.36. The van der Waals surface area contributed by atoms with Crippen molar-refractivity contribution in [2.24, 2.45) is 13.0 Å². The third kappa shape index (κ3) is 4.96. The van der Waals surface area contributed by atoms with Crippen LogP contribution in [-0.2, 0) is 23.0 Å². The summed E-state index contributed by atoms with van der Waals surface area (Å²) in [6, 6.07) is 0. The molecule has 1 amide bonds. The lowest BCUT2D eigenvalue weighted by Gasteiger charge is -2.26. The summed E-state index contributed by atoms with van der Waals surface area (Å²) in [6.45, 7) is 3.07. The predicted octanol–water partition coefficient (Wildman–Crippen LogP) is 1.67. The van der Waals surface area contributed by atoms with Crippen molar-refractivity contribution in [1.29, 1.82) is 0 Å². The van der Waals surface area contributed by atoms with Crippen molar-refractivity contribution in [2.45, 2.75) is 45.1 Å². The molecule has 1 saturated carbocycles. The molecule has 5 nitrogen and oxygen atoms in total. The Kier molecular flexibility index (Phi) is 5.59. The summed E-state index contributed by atoms with van der Waals surface area (Å²) in [5.74, 6) is 0.703. The number of nitrogens with one attached hydrogen (secondary N) is 1. The van der Waals surface area contributed by atoms with E-state index in [1.165, 1.54) is 12.8 Å². The fourth-order valence-corrected chi connectivity index (χ4v) is 2.72. The number of aromatic nitrogens is 2. The van der Waals surface area contributed by atoms with E-state index < -0.39 is 0 Å². The van der Waals surface area contributed by atoms with E-state index in [1.807, 2.05) is 19.4 Å². The highest BCUT2D eigenvalue weighted by molar-refractivity contribution is 5.77. The van der Waals surface area contributed by atoms with Crippen LogP contribution in [0.3, 0.4) is 0 Å². The van der Waals surface area contributed by atoms with Crippen LogP contribution in [0.1, 0.15) is 38.2 Å². The first-order valence-corrected chi connectivity index (χ1v) is 7.49. The minimum absolute atomic E-state index is 0.0212. The van der Waals surface area contributed by atoms with Gasteiger partial charge in [-0.25, -0.2) is 0 Å². The lowest BCUT2D eigenvalue weighted by Crippen LogP contribution is -2.32. The monoisotopic (exact) mass is 279 g/mol. The number of amides is 1. The van der Waals surface area contributed by atoms with Gasteiger partial charge < -0.3 is 10.1 Å². The van der Waals surface area contributed by atoms with E-state index in [4.69, 9.17) is 4.74 Å². The fourth-order valence-electron chi connectivity index (χ4n) is 2.72. The molecular weight excluding hydrogens is 254 g/mol. The largest absolute Gasteiger partial charge is 0.368 e. The smallest absolute Gasteiger partial charge is 0.246 e. The molecule has 0 spiro atoms. The van der Waals surface area contributed by atoms with Gasteiger partial charge in [-0.05, 0) is 30.7 Å². The minimum Gasteiger partial charge on any atom is -0.368 e. The zero-order valence-corrected chi connectivity index (χ0v) is 12.5. The van der Waals surface area contributed by atoms with Crippen molar-refractivity contribution in [3.05, 3.63) is 18.0 Å². The Bertz CT molecular complexity index is 431. The van der Waals surface area contributed by atoms with Crippen LogP contribution in [0.5, 0.6) is 0 Å². The molecule has 1 N–H and O–H groups in total. The number of nitrogens with zero attached hydrogens (tertiary/aromatic N) is 2. The number of hydrogen-bond acceptors (Lipinski definition) is 3. The van der Waals surface area contributed by atoms with Gasteiger partial charge in [0, 0.05) is 19.8 Å². The number of aryl methyl sites for hydroxylation is 1. The highest BCUT2D eigenvalue weighted by atomic mass is 16.5. The van der Waals surface area contributed by atoms with Crippen LogP contribution in [0.2, 0.25) is 0 Å². The van der Waals surface area contributed by atoms with Crippen LogP contribution < -0.4 is 5.32 Å². The Balaban J connectivity index is 1.58. The maximum Gasteiger partial charge on any atom is 0.246 e. The molecule has 0 radical (unpaired) electrons. The number of rotatable bonds is 6. The van der Waals surface area contributed by atoms with Crippen molar-refractivity contribution in [1.82, 2.24) is 15.1 Å². The Morgan fingerprint density at radius 3 is 3.10 bits per heavy atom. The van der Waals surface area contributed by atoms with Gasteiger partial charge in [0.2, 0.25) is 5.91 Å².